The Morgan fingerprint density at radius 2 is 2.07 bits per heavy atom. The monoisotopic (exact) mass is 278 g/mol. The molecule has 5 heteroatoms. The number of benzene rings is 1. The normalized spacial score (nSPS) is 13.0. The molecule has 0 N–H and O–H groups in total. The lowest BCUT2D eigenvalue weighted by molar-refractivity contribution is 0.174. The molecule has 0 radical (unpaired) electrons. The molecule has 1 aromatic rings. The summed E-state index contributed by atoms with van der Waals surface area (Å²) in [5.41, 5.74) is 0. The average Bonchev–Trinajstić information content (AvgIpc) is 2.61. The molecule has 76 valence electrons. The van der Waals surface area contributed by atoms with Crippen molar-refractivity contribution in [3.05, 3.63) is 17.2 Å². The Balaban J connectivity index is 2.23. The average molecular weight is 280 g/mol. The molecule has 1 aliphatic rings. The maximum atomic E-state index is 5.97. The molecule has 0 unspecified atom stereocenters. The van der Waals surface area contributed by atoms with E-state index in [0.717, 1.165) is 5.33 Å². The second-order valence-corrected chi connectivity index (χ2v) is 3.87. The molecule has 0 aromatic heterocycles. The lowest BCUT2D eigenvalue weighted by Crippen LogP contribution is -1.98. The highest BCUT2D eigenvalue weighted by atomic mass is 79.9. The van der Waals surface area contributed by atoms with Gasteiger partial charge in [0.2, 0.25) is 6.79 Å². The summed E-state index contributed by atoms with van der Waals surface area (Å²) in [6.45, 7) is 0.812. The first kappa shape index (κ1) is 9.93. The minimum Gasteiger partial charge on any atom is -0.491 e. The van der Waals surface area contributed by atoms with Gasteiger partial charge in [-0.15, -0.1) is 0 Å². The molecule has 1 heterocycles. The quantitative estimate of drug-likeness (QED) is 0.796. The smallest absolute Gasteiger partial charge is 0.231 e. The molecule has 1 aliphatic heterocycles. The van der Waals surface area contributed by atoms with Gasteiger partial charge in [0.1, 0.15) is 5.75 Å². The molecule has 0 fully saturated rings. The van der Waals surface area contributed by atoms with E-state index in [0.29, 0.717) is 28.9 Å². The fourth-order valence-corrected chi connectivity index (χ4v) is 1.53. The minimum absolute atomic E-state index is 0.244. The lowest BCUT2D eigenvalue weighted by Gasteiger charge is -2.06. The number of fused-ring (bicyclic) bond motifs is 1. The highest BCUT2D eigenvalue weighted by molar-refractivity contribution is 9.09. The van der Waals surface area contributed by atoms with E-state index in [2.05, 4.69) is 15.9 Å². The van der Waals surface area contributed by atoms with Crippen molar-refractivity contribution in [2.24, 2.45) is 0 Å². The molecular weight excluding hydrogens is 271 g/mol. The van der Waals surface area contributed by atoms with Crippen molar-refractivity contribution in [2.75, 3.05) is 18.7 Å². The zero-order valence-corrected chi connectivity index (χ0v) is 9.60. The van der Waals surface area contributed by atoms with Gasteiger partial charge in [0.15, 0.2) is 11.5 Å². The van der Waals surface area contributed by atoms with E-state index in [1.165, 1.54) is 0 Å². The Morgan fingerprint density at radius 3 is 2.79 bits per heavy atom. The molecule has 0 aliphatic carbocycles. The SMILES string of the molecule is Clc1cc2c(cc1OCCBr)OCO2. The van der Waals surface area contributed by atoms with Crippen LogP contribution in [0.25, 0.3) is 0 Å². The summed E-state index contributed by atoms with van der Waals surface area (Å²) in [6.07, 6.45) is 0. The van der Waals surface area contributed by atoms with Crippen LogP contribution in [0, 0.1) is 0 Å². The predicted molar refractivity (Wildman–Crippen MR) is 56.9 cm³/mol. The summed E-state index contributed by atoms with van der Waals surface area (Å²) in [5, 5.41) is 1.30. The summed E-state index contributed by atoms with van der Waals surface area (Å²) in [4.78, 5) is 0. The molecule has 0 saturated heterocycles. The van der Waals surface area contributed by atoms with Crippen molar-refractivity contribution in [1.29, 1.82) is 0 Å². The molecule has 0 saturated carbocycles. The molecule has 3 nitrogen and oxygen atoms in total. The van der Waals surface area contributed by atoms with E-state index < -0.39 is 0 Å². The molecule has 0 spiro atoms. The lowest BCUT2D eigenvalue weighted by atomic mass is 10.3. The largest absolute Gasteiger partial charge is 0.491 e. The Hall–Kier alpha value is -0.610. The summed E-state index contributed by atoms with van der Waals surface area (Å²) < 4.78 is 15.8. The maximum Gasteiger partial charge on any atom is 0.231 e. The van der Waals surface area contributed by atoms with Crippen LogP contribution in [0.15, 0.2) is 12.1 Å². The first-order chi connectivity index (χ1) is 6.81. The van der Waals surface area contributed by atoms with E-state index >= 15 is 0 Å². The number of hydrogen-bond acceptors (Lipinski definition) is 3. The second kappa shape index (κ2) is 4.28. The first-order valence-electron chi connectivity index (χ1n) is 4.09. The van der Waals surface area contributed by atoms with Crippen LogP contribution in [-0.4, -0.2) is 18.7 Å². The van der Waals surface area contributed by atoms with Gasteiger partial charge in [-0.1, -0.05) is 27.5 Å². The van der Waals surface area contributed by atoms with Crippen molar-refractivity contribution in [3.8, 4) is 17.2 Å². The molecule has 1 aromatic carbocycles. The van der Waals surface area contributed by atoms with Gasteiger partial charge in [-0.05, 0) is 0 Å². The van der Waals surface area contributed by atoms with Crippen LogP contribution in [-0.2, 0) is 0 Å². The van der Waals surface area contributed by atoms with Crippen LogP contribution in [0.5, 0.6) is 17.2 Å². The van der Waals surface area contributed by atoms with Gasteiger partial charge < -0.3 is 14.2 Å². The van der Waals surface area contributed by atoms with Crippen LogP contribution < -0.4 is 14.2 Å². The third-order valence-corrected chi connectivity index (χ3v) is 2.38. The molecule has 0 amide bonds. The second-order valence-electron chi connectivity index (χ2n) is 2.67. The van der Waals surface area contributed by atoms with Crippen molar-refractivity contribution in [1.82, 2.24) is 0 Å². The standard InChI is InChI=1S/C9H8BrClO3/c10-1-2-12-7-4-9-8(3-6(7)11)13-5-14-9/h3-4H,1-2,5H2. The molecule has 0 bridgehead atoms. The van der Waals surface area contributed by atoms with Crippen molar-refractivity contribution >= 4 is 27.5 Å². The summed E-state index contributed by atoms with van der Waals surface area (Å²) in [6, 6.07) is 3.45. The van der Waals surface area contributed by atoms with Crippen LogP contribution in [0.2, 0.25) is 5.02 Å². The van der Waals surface area contributed by atoms with Gasteiger partial charge in [-0.25, -0.2) is 0 Å². The van der Waals surface area contributed by atoms with E-state index in [1.54, 1.807) is 12.1 Å². The minimum atomic E-state index is 0.244. The van der Waals surface area contributed by atoms with Gasteiger partial charge in [-0.3, -0.25) is 0 Å². The summed E-state index contributed by atoms with van der Waals surface area (Å²) in [7, 11) is 0. The number of hydrogen-bond donors (Lipinski definition) is 0. The van der Waals surface area contributed by atoms with Gasteiger partial charge in [0, 0.05) is 17.5 Å². The maximum absolute atomic E-state index is 5.97. The van der Waals surface area contributed by atoms with Gasteiger partial charge in [0.05, 0.1) is 11.6 Å². The van der Waals surface area contributed by atoms with Gasteiger partial charge in [0.25, 0.3) is 0 Å². The summed E-state index contributed by atoms with van der Waals surface area (Å²) >= 11 is 9.24. The first-order valence-corrected chi connectivity index (χ1v) is 5.59. The zero-order valence-electron chi connectivity index (χ0n) is 7.26. The number of rotatable bonds is 3. The van der Waals surface area contributed by atoms with Crippen LogP contribution in [0.3, 0.4) is 0 Å². The molecule has 2 rings (SSSR count). The molecule has 0 atom stereocenters. The Bertz CT molecular complexity index is 343. The topological polar surface area (TPSA) is 27.7 Å². The third kappa shape index (κ3) is 1.91. The third-order valence-electron chi connectivity index (χ3n) is 1.76. The van der Waals surface area contributed by atoms with Crippen LogP contribution in [0.1, 0.15) is 0 Å². The summed E-state index contributed by atoms with van der Waals surface area (Å²) in [5.74, 6) is 1.97. The Kier molecular flexibility index (Phi) is 3.03. The number of alkyl halides is 1. The number of halogens is 2. The zero-order chi connectivity index (χ0) is 9.97. The Morgan fingerprint density at radius 1 is 1.36 bits per heavy atom. The van der Waals surface area contributed by atoms with E-state index in [-0.39, 0.29) is 6.79 Å². The molecule has 14 heavy (non-hydrogen) atoms. The fourth-order valence-electron chi connectivity index (χ4n) is 1.16. The van der Waals surface area contributed by atoms with Gasteiger partial charge >= 0.3 is 0 Å². The molecular formula is C9H8BrClO3. The Labute approximate surface area is 95.0 Å². The van der Waals surface area contributed by atoms with E-state index in [1.807, 2.05) is 0 Å². The van der Waals surface area contributed by atoms with Crippen molar-refractivity contribution in [3.63, 3.8) is 0 Å². The highest BCUT2D eigenvalue weighted by Crippen LogP contribution is 2.40. The predicted octanol–water partition coefficient (Wildman–Crippen LogP) is 2.84. The van der Waals surface area contributed by atoms with E-state index in [9.17, 15) is 0 Å². The van der Waals surface area contributed by atoms with Crippen LogP contribution >= 0.6 is 27.5 Å². The van der Waals surface area contributed by atoms with Crippen molar-refractivity contribution < 1.29 is 14.2 Å². The van der Waals surface area contributed by atoms with Crippen LogP contribution in [0.4, 0.5) is 0 Å². The number of ether oxygens (including phenoxy) is 3. The van der Waals surface area contributed by atoms with Gasteiger partial charge in [-0.2, -0.15) is 0 Å². The highest BCUT2D eigenvalue weighted by Gasteiger charge is 2.16. The fraction of sp³-hybridized carbons (Fsp3) is 0.333. The van der Waals surface area contributed by atoms with E-state index in [4.69, 9.17) is 25.8 Å². The van der Waals surface area contributed by atoms with Crippen molar-refractivity contribution in [2.45, 2.75) is 0 Å².